The van der Waals surface area contributed by atoms with E-state index < -0.39 is 0 Å². The molecule has 5 unspecified atom stereocenters. The summed E-state index contributed by atoms with van der Waals surface area (Å²) in [6, 6.07) is 1.73. The van der Waals surface area contributed by atoms with E-state index in [1.807, 2.05) is 0 Å². The van der Waals surface area contributed by atoms with Gasteiger partial charge in [0.15, 0.2) is 0 Å². The second-order valence-corrected chi connectivity index (χ2v) is 5.65. The average Bonchev–Trinajstić information content (AvgIpc) is 2.26. The number of hydrogen-bond donors (Lipinski definition) is 1. The third kappa shape index (κ3) is 2.41. The van der Waals surface area contributed by atoms with Crippen LogP contribution in [0.4, 0.5) is 0 Å². The summed E-state index contributed by atoms with van der Waals surface area (Å²) in [5.41, 5.74) is 6.14. The molecule has 2 rings (SSSR count). The molecular formula is C13H26N2O. The van der Waals surface area contributed by atoms with Crippen LogP contribution in [0, 0.1) is 5.92 Å². The number of nitrogens with zero attached hydrogens (tertiary/aromatic N) is 1. The van der Waals surface area contributed by atoms with E-state index in [2.05, 4.69) is 25.7 Å². The van der Waals surface area contributed by atoms with Crippen molar-refractivity contribution in [3.05, 3.63) is 0 Å². The molecule has 3 heteroatoms. The fourth-order valence-electron chi connectivity index (χ4n) is 3.22. The molecule has 0 spiro atoms. The van der Waals surface area contributed by atoms with Crippen LogP contribution >= 0.6 is 0 Å². The molecule has 0 aromatic heterocycles. The molecule has 2 aliphatic heterocycles. The van der Waals surface area contributed by atoms with E-state index >= 15 is 0 Å². The van der Waals surface area contributed by atoms with Crippen LogP contribution in [0.25, 0.3) is 0 Å². The molecule has 0 amide bonds. The Labute approximate surface area is 99.3 Å². The summed E-state index contributed by atoms with van der Waals surface area (Å²) in [6.07, 6.45) is 3.96. The molecule has 3 nitrogen and oxygen atoms in total. The van der Waals surface area contributed by atoms with Crippen molar-refractivity contribution in [2.24, 2.45) is 11.7 Å². The molecule has 5 atom stereocenters. The SMILES string of the molecule is CC1CC(N2CCC(N)C(C)C2C)CCO1. The Morgan fingerprint density at radius 3 is 2.62 bits per heavy atom. The van der Waals surface area contributed by atoms with Crippen molar-refractivity contribution >= 4 is 0 Å². The van der Waals surface area contributed by atoms with Gasteiger partial charge >= 0.3 is 0 Å². The van der Waals surface area contributed by atoms with Crippen LogP contribution in [0.15, 0.2) is 0 Å². The predicted octanol–water partition coefficient (Wildman–Crippen LogP) is 1.61. The topological polar surface area (TPSA) is 38.5 Å². The van der Waals surface area contributed by atoms with Crippen LogP contribution in [0.3, 0.4) is 0 Å². The highest BCUT2D eigenvalue weighted by molar-refractivity contribution is 4.91. The highest BCUT2D eigenvalue weighted by Crippen LogP contribution is 2.29. The van der Waals surface area contributed by atoms with Crippen molar-refractivity contribution in [2.45, 2.75) is 64.3 Å². The summed E-state index contributed by atoms with van der Waals surface area (Å²) < 4.78 is 5.63. The molecule has 2 heterocycles. The zero-order valence-electron chi connectivity index (χ0n) is 10.9. The summed E-state index contributed by atoms with van der Waals surface area (Å²) in [6.45, 7) is 8.92. The maximum atomic E-state index is 6.14. The molecule has 0 saturated carbocycles. The van der Waals surface area contributed by atoms with E-state index in [0.29, 0.717) is 30.1 Å². The molecular weight excluding hydrogens is 200 g/mol. The van der Waals surface area contributed by atoms with E-state index in [1.54, 1.807) is 0 Å². The minimum Gasteiger partial charge on any atom is -0.378 e. The van der Waals surface area contributed by atoms with E-state index in [4.69, 9.17) is 10.5 Å². The van der Waals surface area contributed by atoms with E-state index in [1.165, 1.54) is 19.4 Å². The maximum Gasteiger partial charge on any atom is 0.0561 e. The lowest BCUT2D eigenvalue weighted by Gasteiger charge is -2.47. The van der Waals surface area contributed by atoms with Gasteiger partial charge in [-0.15, -0.1) is 0 Å². The Morgan fingerprint density at radius 1 is 1.19 bits per heavy atom. The minimum atomic E-state index is 0.392. The quantitative estimate of drug-likeness (QED) is 0.738. The van der Waals surface area contributed by atoms with Gasteiger partial charge in [0, 0.05) is 31.3 Å². The molecule has 2 N–H and O–H groups in total. The molecule has 0 aromatic carbocycles. The second kappa shape index (κ2) is 5.03. The summed E-state index contributed by atoms with van der Waals surface area (Å²) >= 11 is 0. The lowest BCUT2D eigenvalue weighted by atomic mass is 9.85. The molecule has 0 aliphatic carbocycles. The highest BCUT2D eigenvalue weighted by atomic mass is 16.5. The Kier molecular flexibility index (Phi) is 3.88. The zero-order valence-corrected chi connectivity index (χ0v) is 10.9. The minimum absolute atomic E-state index is 0.392. The van der Waals surface area contributed by atoms with Crippen LogP contribution in [0.5, 0.6) is 0 Å². The van der Waals surface area contributed by atoms with Crippen molar-refractivity contribution in [1.82, 2.24) is 4.90 Å². The van der Waals surface area contributed by atoms with Crippen LogP contribution in [0.2, 0.25) is 0 Å². The van der Waals surface area contributed by atoms with Gasteiger partial charge in [-0.3, -0.25) is 4.90 Å². The number of hydrogen-bond acceptors (Lipinski definition) is 3. The van der Waals surface area contributed by atoms with Crippen LogP contribution in [0.1, 0.15) is 40.0 Å². The highest BCUT2D eigenvalue weighted by Gasteiger charge is 2.35. The van der Waals surface area contributed by atoms with Gasteiger partial charge in [-0.05, 0) is 39.0 Å². The van der Waals surface area contributed by atoms with Crippen LogP contribution in [-0.2, 0) is 4.74 Å². The first kappa shape index (κ1) is 12.3. The number of nitrogens with two attached hydrogens (primary N) is 1. The Bertz CT molecular complexity index is 234. The van der Waals surface area contributed by atoms with Crippen molar-refractivity contribution < 1.29 is 4.74 Å². The number of piperidine rings is 1. The molecule has 2 aliphatic rings. The molecule has 2 fully saturated rings. The monoisotopic (exact) mass is 226 g/mol. The van der Waals surface area contributed by atoms with Crippen molar-refractivity contribution in [3.8, 4) is 0 Å². The third-order valence-electron chi connectivity index (χ3n) is 4.61. The summed E-state index contributed by atoms with van der Waals surface area (Å²) in [4.78, 5) is 2.67. The standard InChI is InChI=1S/C13H26N2O/c1-9-8-12(5-7-16-9)15-6-4-13(14)10(2)11(15)3/h9-13H,4-8,14H2,1-3H3. The molecule has 2 saturated heterocycles. The molecule has 0 radical (unpaired) electrons. The Balaban J connectivity index is 1.98. The summed E-state index contributed by atoms with van der Waals surface area (Å²) in [7, 11) is 0. The van der Waals surface area contributed by atoms with Gasteiger partial charge in [0.2, 0.25) is 0 Å². The van der Waals surface area contributed by atoms with E-state index in [-0.39, 0.29) is 0 Å². The fraction of sp³-hybridized carbons (Fsp3) is 1.00. The average molecular weight is 226 g/mol. The Hall–Kier alpha value is -0.120. The van der Waals surface area contributed by atoms with Gasteiger partial charge in [0.25, 0.3) is 0 Å². The number of likely N-dealkylation sites (tertiary alicyclic amines) is 1. The van der Waals surface area contributed by atoms with E-state index in [0.717, 1.165) is 13.0 Å². The lowest BCUT2D eigenvalue weighted by Crippen LogP contribution is -2.56. The predicted molar refractivity (Wildman–Crippen MR) is 66.4 cm³/mol. The van der Waals surface area contributed by atoms with Gasteiger partial charge in [-0.2, -0.15) is 0 Å². The first-order valence-corrected chi connectivity index (χ1v) is 6.72. The zero-order chi connectivity index (χ0) is 11.7. The first-order chi connectivity index (χ1) is 7.59. The van der Waals surface area contributed by atoms with Crippen LogP contribution < -0.4 is 5.73 Å². The van der Waals surface area contributed by atoms with Crippen molar-refractivity contribution in [3.63, 3.8) is 0 Å². The summed E-state index contributed by atoms with van der Waals surface area (Å²) in [5, 5.41) is 0. The maximum absolute atomic E-state index is 6.14. The molecule has 0 bridgehead atoms. The third-order valence-corrected chi connectivity index (χ3v) is 4.61. The number of ether oxygens (including phenoxy) is 1. The van der Waals surface area contributed by atoms with E-state index in [9.17, 15) is 0 Å². The van der Waals surface area contributed by atoms with Gasteiger partial charge in [-0.25, -0.2) is 0 Å². The van der Waals surface area contributed by atoms with Crippen LogP contribution in [-0.4, -0.2) is 42.3 Å². The fourth-order valence-corrected chi connectivity index (χ4v) is 3.22. The second-order valence-electron chi connectivity index (χ2n) is 5.65. The normalized spacial score (nSPS) is 46.9. The molecule has 94 valence electrons. The van der Waals surface area contributed by atoms with Gasteiger partial charge in [0.1, 0.15) is 0 Å². The lowest BCUT2D eigenvalue weighted by molar-refractivity contribution is -0.0435. The largest absolute Gasteiger partial charge is 0.378 e. The van der Waals surface area contributed by atoms with Crippen molar-refractivity contribution in [1.29, 1.82) is 0 Å². The summed E-state index contributed by atoms with van der Waals surface area (Å²) in [5.74, 6) is 0.618. The smallest absolute Gasteiger partial charge is 0.0561 e. The Morgan fingerprint density at radius 2 is 1.94 bits per heavy atom. The van der Waals surface area contributed by atoms with Gasteiger partial charge in [-0.1, -0.05) is 6.92 Å². The molecule has 0 aromatic rings. The number of rotatable bonds is 1. The van der Waals surface area contributed by atoms with Gasteiger partial charge in [0.05, 0.1) is 6.10 Å². The molecule has 16 heavy (non-hydrogen) atoms. The first-order valence-electron chi connectivity index (χ1n) is 6.72. The van der Waals surface area contributed by atoms with Gasteiger partial charge < -0.3 is 10.5 Å². The van der Waals surface area contributed by atoms with Crippen molar-refractivity contribution in [2.75, 3.05) is 13.2 Å².